The zero-order chi connectivity index (χ0) is 17.0. The molecule has 1 amide bonds. The van der Waals surface area contributed by atoms with Gasteiger partial charge in [-0.15, -0.1) is 0 Å². The molecule has 0 aliphatic rings. The lowest BCUT2D eigenvalue weighted by molar-refractivity contribution is -0.140. The molecule has 0 aliphatic heterocycles. The highest BCUT2D eigenvalue weighted by Crippen LogP contribution is 2.33. The minimum Gasteiger partial charge on any atom is -0.482 e. The number of para-hydroxylation sites is 1. The molecule has 0 aromatic heterocycles. The molecule has 2 aromatic rings. The summed E-state index contributed by atoms with van der Waals surface area (Å²) in [6, 6.07) is 8.59. The van der Waals surface area contributed by atoms with Gasteiger partial charge in [-0.2, -0.15) is 13.2 Å². The third kappa shape index (κ3) is 4.59. The molecule has 0 aliphatic carbocycles. The van der Waals surface area contributed by atoms with Gasteiger partial charge in [-0.3, -0.25) is 4.79 Å². The Kier molecular flexibility index (Phi) is 5.10. The van der Waals surface area contributed by atoms with Gasteiger partial charge in [0.2, 0.25) is 0 Å². The van der Waals surface area contributed by atoms with E-state index in [1.165, 1.54) is 6.07 Å². The molecule has 0 atom stereocenters. The van der Waals surface area contributed by atoms with E-state index in [4.69, 9.17) is 16.3 Å². The lowest BCUT2D eigenvalue weighted by Gasteiger charge is -2.11. The van der Waals surface area contributed by atoms with Crippen LogP contribution >= 0.6 is 11.6 Å². The van der Waals surface area contributed by atoms with Crippen molar-refractivity contribution in [3.8, 4) is 5.75 Å². The van der Waals surface area contributed by atoms with Crippen LogP contribution in [0.5, 0.6) is 5.75 Å². The second-order valence-corrected chi connectivity index (χ2v) is 4.87. The molecule has 0 fully saturated rings. The van der Waals surface area contributed by atoms with E-state index in [0.29, 0.717) is 17.2 Å². The van der Waals surface area contributed by atoms with Gasteiger partial charge in [0.05, 0.1) is 10.6 Å². The highest BCUT2D eigenvalue weighted by atomic mass is 35.5. The first-order chi connectivity index (χ1) is 10.8. The van der Waals surface area contributed by atoms with Crippen LogP contribution < -0.4 is 10.1 Å². The third-order valence-corrected chi connectivity index (χ3v) is 3.06. The van der Waals surface area contributed by atoms with Gasteiger partial charge < -0.3 is 10.1 Å². The van der Waals surface area contributed by atoms with Crippen molar-refractivity contribution in [3.63, 3.8) is 0 Å². The van der Waals surface area contributed by atoms with Gasteiger partial charge in [0.1, 0.15) is 11.6 Å². The first-order valence-corrected chi connectivity index (χ1v) is 6.69. The van der Waals surface area contributed by atoms with Crippen molar-refractivity contribution in [2.45, 2.75) is 6.18 Å². The lowest BCUT2D eigenvalue weighted by atomic mass is 10.2. The molecule has 2 aromatic carbocycles. The third-order valence-electron chi connectivity index (χ3n) is 2.75. The average Bonchev–Trinajstić information content (AvgIpc) is 2.47. The zero-order valence-corrected chi connectivity index (χ0v) is 12.2. The predicted octanol–water partition coefficient (Wildman–Crippen LogP) is 4.52. The number of ether oxygens (including phenoxy) is 1. The molecule has 0 spiro atoms. The van der Waals surface area contributed by atoms with Crippen LogP contribution in [-0.2, 0) is 11.0 Å². The van der Waals surface area contributed by atoms with Crippen molar-refractivity contribution in [3.05, 3.63) is 58.9 Å². The fourth-order valence-electron chi connectivity index (χ4n) is 1.72. The molecule has 2 rings (SSSR count). The summed E-state index contributed by atoms with van der Waals surface area (Å²) in [6.45, 7) is -0.456. The summed E-state index contributed by atoms with van der Waals surface area (Å²) in [5.41, 5.74) is -1.64. The molecule has 0 radical (unpaired) electrons. The number of benzene rings is 2. The van der Waals surface area contributed by atoms with Crippen LogP contribution in [0.1, 0.15) is 5.56 Å². The first kappa shape index (κ1) is 17.1. The second-order valence-electron chi connectivity index (χ2n) is 4.46. The van der Waals surface area contributed by atoms with Gasteiger partial charge in [-0.1, -0.05) is 23.7 Å². The molecule has 23 heavy (non-hydrogen) atoms. The largest absolute Gasteiger partial charge is 0.482 e. The van der Waals surface area contributed by atoms with E-state index in [1.807, 2.05) is 0 Å². The number of nitrogens with one attached hydrogen (secondary N) is 1. The molecule has 122 valence electrons. The molecule has 0 bridgehead atoms. The van der Waals surface area contributed by atoms with E-state index in [2.05, 4.69) is 5.32 Å². The number of carbonyl (C=O) groups excluding carboxylic acids is 1. The summed E-state index contributed by atoms with van der Waals surface area (Å²) >= 11 is 5.83. The number of halogens is 5. The van der Waals surface area contributed by atoms with Crippen LogP contribution in [0.4, 0.5) is 23.2 Å². The Morgan fingerprint density at radius 3 is 2.52 bits per heavy atom. The molecule has 0 heterocycles. The van der Waals surface area contributed by atoms with E-state index in [1.54, 1.807) is 18.2 Å². The van der Waals surface area contributed by atoms with Crippen LogP contribution in [-0.4, -0.2) is 12.5 Å². The number of hydrogen-bond donors (Lipinski definition) is 1. The Hall–Kier alpha value is -2.28. The summed E-state index contributed by atoms with van der Waals surface area (Å²) in [4.78, 5) is 11.7. The van der Waals surface area contributed by atoms with Gasteiger partial charge in [0.25, 0.3) is 5.91 Å². The first-order valence-electron chi connectivity index (χ1n) is 6.31. The van der Waals surface area contributed by atoms with Crippen molar-refractivity contribution < 1.29 is 27.1 Å². The summed E-state index contributed by atoms with van der Waals surface area (Å²) in [5.74, 6) is -1.85. The van der Waals surface area contributed by atoms with Gasteiger partial charge in [-0.05, 0) is 30.3 Å². The molecule has 0 saturated heterocycles. The molecular weight excluding hydrogens is 338 g/mol. The predicted molar refractivity (Wildman–Crippen MR) is 77.0 cm³/mol. The van der Waals surface area contributed by atoms with Gasteiger partial charge in [0.15, 0.2) is 6.61 Å². The number of amides is 1. The minimum atomic E-state index is -4.85. The SMILES string of the molecule is O=C(COc1ccccc1Cl)Nc1ccc(F)c(C(F)(F)F)c1. The maximum Gasteiger partial charge on any atom is 0.419 e. The Balaban J connectivity index is 2.02. The number of carbonyl (C=O) groups is 1. The number of anilines is 1. The van der Waals surface area contributed by atoms with E-state index >= 15 is 0 Å². The molecule has 3 nitrogen and oxygen atoms in total. The number of rotatable bonds is 4. The Labute approximate surface area is 133 Å². The van der Waals surface area contributed by atoms with Crippen molar-refractivity contribution in [2.24, 2.45) is 0 Å². The highest BCUT2D eigenvalue weighted by molar-refractivity contribution is 6.32. The van der Waals surface area contributed by atoms with Crippen molar-refractivity contribution in [1.29, 1.82) is 0 Å². The average molecular weight is 348 g/mol. The fraction of sp³-hybridized carbons (Fsp3) is 0.133. The van der Waals surface area contributed by atoms with Gasteiger partial charge in [-0.25, -0.2) is 4.39 Å². The normalized spacial score (nSPS) is 11.2. The zero-order valence-electron chi connectivity index (χ0n) is 11.5. The maximum atomic E-state index is 13.1. The summed E-state index contributed by atoms with van der Waals surface area (Å²) in [7, 11) is 0. The molecular formula is C15H10ClF4NO2. The smallest absolute Gasteiger partial charge is 0.419 e. The van der Waals surface area contributed by atoms with E-state index in [9.17, 15) is 22.4 Å². The van der Waals surface area contributed by atoms with Crippen LogP contribution in [0.25, 0.3) is 0 Å². The molecule has 1 N–H and O–H groups in total. The number of hydrogen-bond acceptors (Lipinski definition) is 2. The van der Waals surface area contributed by atoms with Crippen LogP contribution in [0, 0.1) is 5.82 Å². The van der Waals surface area contributed by atoms with Crippen molar-refractivity contribution in [1.82, 2.24) is 0 Å². The van der Waals surface area contributed by atoms with Crippen molar-refractivity contribution >= 4 is 23.2 Å². The van der Waals surface area contributed by atoms with Crippen molar-refractivity contribution in [2.75, 3.05) is 11.9 Å². The Morgan fingerprint density at radius 2 is 1.87 bits per heavy atom. The van der Waals surface area contributed by atoms with Gasteiger partial charge >= 0.3 is 6.18 Å². The van der Waals surface area contributed by atoms with Crippen LogP contribution in [0.3, 0.4) is 0 Å². The summed E-state index contributed by atoms with van der Waals surface area (Å²) in [6.07, 6.45) is -4.85. The summed E-state index contributed by atoms with van der Waals surface area (Å²) in [5, 5.41) is 2.49. The summed E-state index contributed by atoms with van der Waals surface area (Å²) < 4.78 is 56.1. The molecule has 0 saturated carbocycles. The van der Waals surface area contributed by atoms with Crippen LogP contribution in [0.15, 0.2) is 42.5 Å². The fourth-order valence-corrected chi connectivity index (χ4v) is 1.91. The molecule has 8 heteroatoms. The minimum absolute atomic E-state index is 0.188. The van der Waals surface area contributed by atoms with E-state index in [0.717, 1.165) is 6.07 Å². The van der Waals surface area contributed by atoms with Gasteiger partial charge in [0, 0.05) is 5.69 Å². The highest BCUT2D eigenvalue weighted by Gasteiger charge is 2.34. The van der Waals surface area contributed by atoms with E-state index in [-0.39, 0.29) is 11.4 Å². The lowest BCUT2D eigenvalue weighted by Crippen LogP contribution is -2.20. The quantitative estimate of drug-likeness (QED) is 0.826. The monoisotopic (exact) mass is 347 g/mol. The Bertz CT molecular complexity index is 719. The Morgan fingerprint density at radius 1 is 1.17 bits per heavy atom. The number of alkyl halides is 3. The standard InChI is InChI=1S/C15H10ClF4NO2/c16-11-3-1-2-4-13(11)23-8-14(22)21-9-5-6-12(17)10(7-9)15(18,19)20/h1-7H,8H2,(H,21,22). The van der Waals surface area contributed by atoms with Crippen LogP contribution in [0.2, 0.25) is 5.02 Å². The maximum absolute atomic E-state index is 13.1. The topological polar surface area (TPSA) is 38.3 Å². The van der Waals surface area contributed by atoms with E-state index < -0.39 is 30.1 Å². The second kappa shape index (κ2) is 6.87. The molecule has 0 unspecified atom stereocenters.